The summed E-state index contributed by atoms with van der Waals surface area (Å²) < 4.78 is 25.4. The smallest absolute Gasteiger partial charge is 0.424 e. The molecular weight excluding hydrogens is 417 g/mol. The van der Waals surface area contributed by atoms with Crippen LogP contribution in [-0.4, -0.2) is 62.6 Å². The number of carbonyl (C=O) groups excluding carboxylic acids is 2. The highest BCUT2D eigenvalue weighted by Crippen LogP contribution is 2.28. The number of cyclic esters (lactones) is 1. The second kappa shape index (κ2) is 9.84. The molecule has 2 aliphatic heterocycles. The quantitative estimate of drug-likeness (QED) is 0.730. The van der Waals surface area contributed by atoms with E-state index in [1.54, 1.807) is 12.1 Å². The van der Waals surface area contributed by atoms with Crippen molar-refractivity contribution >= 4 is 23.6 Å². The average Bonchev–Trinajstić information content (AvgIpc) is 3.02. The number of benzene rings is 2. The van der Waals surface area contributed by atoms with Crippen molar-refractivity contribution in [1.29, 1.82) is 0 Å². The largest absolute Gasteiger partial charge is 0.444 e. The van der Waals surface area contributed by atoms with E-state index in [0.717, 1.165) is 5.56 Å². The third-order valence-electron chi connectivity index (χ3n) is 5.42. The van der Waals surface area contributed by atoms with Crippen molar-refractivity contribution in [3.8, 4) is 0 Å². The van der Waals surface area contributed by atoms with Crippen LogP contribution in [0.4, 0.5) is 25.4 Å². The summed E-state index contributed by atoms with van der Waals surface area (Å²) in [6, 6.07) is 14.1. The van der Waals surface area contributed by atoms with E-state index in [2.05, 4.69) is 5.43 Å². The van der Waals surface area contributed by atoms with Crippen molar-refractivity contribution in [2.24, 2.45) is 5.73 Å². The molecule has 2 fully saturated rings. The van der Waals surface area contributed by atoms with Crippen LogP contribution in [0.15, 0.2) is 48.5 Å². The van der Waals surface area contributed by atoms with Gasteiger partial charge >= 0.3 is 12.2 Å². The molecule has 2 aliphatic rings. The van der Waals surface area contributed by atoms with Gasteiger partial charge in [0, 0.05) is 26.2 Å². The third kappa shape index (κ3) is 4.92. The van der Waals surface area contributed by atoms with Gasteiger partial charge in [0.2, 0.25) is 0 Å². The molecule has 0 bridgehead atoms. The summed E-state index contributed by atoms with van der Waals surface area (Å²) in [5.74, 6) is -0.452. The Morgan fingerprint density at radius 3 is 2.72 bits per heavy atom. The molecule has 0 spiro atoms. The molecule has 2 aromatic rings. The molecule has 0 aromatic heterocycles. The molecule has 3 N–H and O–H groups in total. The number of hydrogen-bond donors (Lipinski definition) is 2. The van der Waals surface area contributed by atoms with Gasteiger partial charge < -0.3 is 20.1 Å². The predicted octanol–water partition coefficient (Wildman–Crippen LogP) is 2.07. The Labute approximate surface area is 185 Å². The van der Waals surface area contributed by atoms with E-state index in [4.69, 9.17) is 15.2 Å². The number of hydrogen-bond acceptors (Lipinski definition) is 7. The van der Waals surface area contributed by atoms with Gasteiger partial charge in [-0.1, -0.05) is 30.3 Å². The molecule has 2 amide bonds. The highest BCUT2D eigenvalue weighted by Gasteiger charge is 2.32. The lowest BCUT2D eigenvalue weighted by Crippen LogP contribution is -2.43. The van der Waals surface area contributed by atoms with Crippen LogP contribution in [0, 0.1) is 5.82 Å². The van der Waals surface area contributed by atoms with E-state index >= 15 is 0 Å². The molecule has 9 nitrogen and oxygen atoms in total. The number of anilines is 2. The van der Waals surface area contributed by atoms with Crippen LogP contribution >= 0.6 is 0 Å². The van der Waals surface area contributed by atoms with Gasteiger partial charge in [0.15, 0.2) is 0 Å². The van der Waals surface area contributed by atoms with Gasteiger partial charge in [0.1, 0.15) is 18.5 Å². The van der Waals surface area contributed by atoms with Gasteiger partial charge in [-0.2, -0.15) is 0 Å². The molecule has 2 saturated heterocycles. The highest BCUT2D eigenvalue weighted by molar-refractivity contribution is 5.90. The Kier molecular flexibility index (Phi) is 6.72. The van der Waals surface area contributed by atoms with Gasteiger partial charge in [0.05, 0.1) is 24.5 Å². The fraction of sp³-hybridized carbons (Fsp3) is 0.364. The van der Waals surface area contributed by atoms with Gasteiger partial charge in [-0.05, 0) is 23.8 Å². The molecule has 0 aliphatic carbocycles. The van der Waals surface area contributed by atoms with Crippen LogP contribution in [0.25, 0.3) is 0 Å². The molecule has 2 aromatic carbocycles. The first-order chi connectivity index (χ1) is 15.5. The van der Waals surface area contributed by atoms with Crippen molar-refractivity contribution in [2.75, 3.05) is 49.1 Å². The van der Waals surface area contributed by atoms with Gasteiger partial charge in [0.25, 0.3) is 0 Å². The molecule has 0 radical (unpaired) electrons. The summed E-state index contributed by atoms with van der Waals surface area (Å²) in [5.41, 5.74) is 10.3. The van der Waals surface area contributed by atoms with Crippen molar-refractivity contribution in [3.05, 3.63) is 59.9 Å². The standard InChI is InChI=1S/C22H26FN5O4/c23-19-12-17(27-14-18(13-24)32-21(27)29)6-7-20(19)26-9-8-25-28(11-10-26)22(30)31-15-16-4-2-1-3-5-16/h1-7,12,18,25H,8-11,13-15,24H2/t18-/m0/s1. The van der Waals surface area contributed by atoms with E-state index in [-0.39, 0.29) is 13.2 Å². The first-order valence-electron chi connectivity index (χ1n) is 10.5. The summed E-state index contributed by atoms with van der Waals surface area (Å²) in [6.07, 6.45) is -1.40. The highest BCUT2D eigenvalue weighted by atomic mass is 19.1. The minimum atomic E-state index is -0.531. The molecule has 10 heteroatoms. The first kappa shape index (κ1) is 21.8. The molecular formula is C22H26FN5O4. The van der Waals surface area contributed by atoms with E-state index in [0.29, 0.717) is 44.1 Å². The monoisotopic (exact) mass is 443 g/mol. The molecule has 0 saturated carbocycles. The van der Waals surface area contributed by atoms with Crippen LogP contribution < -0.4 is 21.0 Å². The number of nitrogens with zero attached hydrogens (tertiary/aromatic N) is 3. The number of rotatable bonds is 5. The normalized spacial score (nSPS) is 19.0. The van der Waals surface area contributed by atoms with Crippen LogP contribution in [0.3, 0.4) is 0 Å². The Bertz CT molecular complexity index is 961. The lowest BCUT2D eigenvalue weighted by Gasteiger charge is -2.24. The Balaban J connectivity index is 1.36. The number of ether oxygens (including phenoxy) is 2. The maximum absolute atomic E-state index is 14.9. The molecule has 1 atom stereocenters. The molecule has 170 valence electrons. The predicted molar refractivity (Wildman–Crippen MR) is 117 cm³/mol. The van der Waals surface area contributed by atoms with Crippen molar-refractivity contribution in [2.45, 2.75) is 12.7 Å². The SMILES string of the molecule is NC[C@H]1CN(c2ccc(N3CCNN(C(=O)OCc4ccccc4)CC3)c(F)c2)C(=O)O1. The molecule has 32 heavy (non-hydrogen) atoms. The van der Waals surface area contributed by atoms with E-state index < -0.39 is 24.1 Å². The summed E-state index contributed by atoms with van der Waals surface area (Å²) in [5, 5.41) is 1.41. The lowest BCUT2D eigenvalue weighted by atomic mass is 10.2. The number of nitrogens with one attached hydrogen (secondary N) is 1. The van der Waals surface area contributed by atoms with Crippen LogP contribution in [0.2, 0.25) is 0 Å². The topological polar surface area (TPSA) is 100 Å². The zero-order valence-electron chi connectivity index (χ0n) is 17.6. The zero-order chi connectivity index (χ0) is 22.5. The van der Waals surface area contributed by atoms with Crippen molar-refractivity contribution in [1.82, 2.24) is 10.4 Å². The summed E-state index contributed by atoms with van der Waals surface area (Å²) in [7, 11) is 0. The number of halogens is 1. The zero-order valence-corrected chi connectivity index (χ0v) is 17.6. The van der Waals surface area contributed by atoms with Gasteiger partial charge in [-0.15, -0.1) is 0 Å². The Morgan fingerprint density at radius 2 is 2.00 bits per heavy atom. The minimum absolute atomic E-state index is 0.182. The third-order valence-corrected chi connectivity index (χ3v) is 5.42. The van der Waals surface area contributed by atoms with E-state index in [9.17, 15) is 14.0 Å². The minimum Gasteiger partial charge on any atom is -0.444 e. The number of hydrazine groups is 1. The molecule has 0 unspecified atom stereocenters. The Hall–Kier alpha value is -3.37. The lowest BCUT2D eigenvalue weighted by molar-refractivity contribution is 0.0813. The van der Waals surface area contributed by atoms with Crippen molar-refractivity contribution < 1.29 is 23.5 Å². The maximum Gasteiger partial charge on any atom is 0.424 e. The average molecular weight is 443 g/mol. The number of carbonyl (C=O) groups is 2. The second-order valence-corrected chi connectivity index (χ2v) is 7.57. The summed E-state index contributed by atoms with van der Waals surface area (Å²) >= 11 is 0. The molecule has 2 heterocycles. The first-order valence-corrected chi connectivity index (χ1v) is 10.5. The van der Waals surface area contributed by atoms with Gasteiger partial charge in [-0.25, -0.2) is 24.4 Å². The van der Waals surface area contributed by atoms with Crippen molar-refractivity contribution in [3.63, 3.8) is 0 Å². The second-order valence-electron chi connectivity index (χ2n) is 7.57. The number of nitrogens with two attached hydrogens (primary N) is 1. The fourth-order valence-corrected chi connectivity index (χ4v) is 3.70. The van der Waals surface area contributed by atoms with Crippen LogP contribution in [0.5, 0.6) is 0 Å². The van der Waals surface area contributed by atoms with Crippen LogP contribution in [-0.2, 0) is 16.1 Å². The van der Waals surface area contributed by atoms with E-state index in [1.165, 1.54) is 16.0 Å². The summed E-state index contributed by atoms with van der Waals surface area (Å²) in [4.78, 5) is 27.6. The fourth-order valence-electron chi connectivity index (χ4n) is 3.70. The van der Waals surface area contributed by atoms with E-state index in [1.807, 2.05) is 35.2 Å². The van der Waals surface area contributed by atoms with Gasteiger partial charge in [-0.3, -0.25) is 4.90 Å². The molecule has 4 rings (SSSR count). The number of amides is 2. The van der Waals surface area contributed by atoms with Crippen LogP contribution in [0.1, 0.15) is 5.56 Å². The summed E-state index contributed by atoms with van der Waals surface area (Å²) in [6.45, 7) is 2.38. The maximum atomic E-state index is 14.9. The Morgan fingerprint density at radius 1 is 1.19 bits per heavy atom.